The fourth-order valence-electron chi connectivity index (χ4n) is 2.06. The van der Waals surface area contributed by atoms with Crippen LogP contribution in [0.25, 0.3) is 0 Å². The smallest absolute Gasteiger partial charge is 0.186 e. The van der Waals surface area contributed by atoms with E-state index in [2.05, 4.69) is 38.7 Å². The largest absolute Gasteiger partial charge is 0.293 e. The highest BCUT2D eigenvalue weighted by Crippen LogP contribution is 2.18. The van der Waals surface area contributed by atoms with Crippen molar-refractivity contribution in [1.82, 2.24) is 4.90 Å². The van der Waals surface area contributed by atoms with E-state index >= 15 is 0 Å². The van der Waals surface area contributed by atoms with Crippen LogP contribution in [0.5, 0.6) is 0 Å². The summed E-state index contributed by atoms with van der Waals surface area (Å²) in [4.78, 5) is 16.8. The van der Waals surface area contributed by atoms with Gasteiger partial charge in [0.25, 0.3) is 0 Å². The third-order valence-electron chi connectivity index (χ3n) is 3.41. The molecule has 0 bridgehead atoms. The Bertz CT molecular complexity index is 384. The normalized spacial score (nSPS) is 11.5. The average molecular weight is 281 g/mol. The van der Waals surface area contributed by atoms with Crippen molar-refractivity contribution in [3.8, 4) is 0 Å². The number of unbranched alkanes of at least 4 members (excludes halogenated alkanes) is 2. The zero-order valence-electron chi connectivity index (χ0n) is 12.7. The van der Waals surface area contributed by atoms with Gasteiger partial charge in [-0.15, -0.1) is 11.3 Å². The lowest BCUT2D eigenvalue weighted by molar-refractivity contribution is 0.0908. The number of thiophene rings is 1. The molecule has 0 saturated carbocycles. The maximum absolute atomic E-state index is 12.3. The Morgan fingerprint density at radius 1 is 1.26 bits per heavy atom. The first-order chi connectivity index (χ1) is 9.08. The monoisotopic (exact) mass is 281 g/mol. The van der Waals surface area contributed by atoms with Gasteiger partial charge in [0, 0.05) is 10.9 Å². The minimum absolute atomic E-state index is 0.273. The number of nitrogens with zero attached hydrogens (tertiary/aromatic N) is 1. The van der Waals surface area contributed by atoms with Crippen molar-refractivity contribution < 1.29 is 4.79 Å². The van der Waals surface area contributed by atoms with E-state index in [0.29, 0.717) is 12.6 Å². The molecule has 0 aliphatic carbocycles. The number of hydrogen-bond donors (Lipinski definition) is 0. The van der Waals surface area contributed by atoms with E-state index in [-0.39, 0.29) is 5.78 Å². The molecule has 2 nitrogen and oxygen atoms in total. The molecule has 1 heterocycles. The summed E-state index contributed by atoms with van der Waals surface area (Å²) in [6, 6.07) is 4.50. The van der Waals surface area contributed by atoms with Gasteiger partial charge in [-0.05, 0) is 45.4 Å². The van der Waals surface area contributed by atoms with Gasteiger partial charge >= 0.3 is 0 Å². The van der Waals surface area contributed by atoms with E-state index < -0.39 is 0 Å². The lowest BCUT2D eigenvalue weighted by Gasteiger charge is -2.25. The van der Waals surface area contributed by atoms with Crippen molar-refractivity contribution in [2.45, 2.75) is 59.4 Å². The van der Waals surface area contributed by atoms with Crippen LogP contribution in [0.3, 0.4) is 0 Å². The molecular weight excluding hydrogens is 254 g/mol. The number of carbonyl (C=O) groups excluding carboxylic acids is 1. The van der Waals surface area contributed by atoms with E-state index in [1.165, 1.54) is 24.1 Å². The molecule has 1 aromatic rings. The Morgan fingerprint density at radius 3 is 2.53 bits per heavy atom. The molecule has 0 aliphatic heterocycles. The first-order valence-corrected chi connectivity index (χ1v) is 8.26. The number of carbonyl (C=O) groups is 1. The Kier molecular flexibility index (Phi) is 7.32. The lowest BCUT2D eigenvalue weighted by Crippen LogP contribution is -2.36. The molecule has 3 heteroatoms. The molecule has 0 N–H and O–H groups in total. The van der Waals surface area contributed by atoms with E-state index in [0.717, 1.165) is 17.8 Å². The van der Waals surface area contributed by atoms with E-state index in [9.17, 15) is 4.79 Å². The molecule has 0 atom stereocenters. The SMILES string of the molecule is CCCCCN(CC(=O)c1ccc(CC)s1)C(C)C. The molecule has 19 heavy (non-hydrogen) atoms. The number of rotatable bonds is 9. The highest BCUT2D eigenvalue weighted by Gasteiger charge is 2.16. The predicted octanol–water partition coefficient (Wildman–Crippen LogP) is 4.39. The molecule has 0 fully saturated rings. The molecule has 0 amide bonds. The van der Waals surface area contributed by atoms with Gasteiger partial charge in [-0.3, -0.25) is 9.69 Å². The maximum Gasteiger partial charge on any atom is 0.186 e. The van der Waals surface area contributed by atoms with Crippen LogP contribution in [0, 0.1) is 0 Å². The number of ketones is 1. The Morgan fingerprint density at radius 2 is 2.00 bits per heavy atom. The van der Waals surface area contributed by atoms with Crippen molar-refractivity contribution in [3.05, 3.63) is 21.9 Å². The number of aryl methyl sites for hydroxylation is 1. The Hall–Kier alpha value is -0.670. The van der Waals surface area contributed by atoms with Crippen LogP contribution in [0.1, 0.15) is 61.5 Å². The third-order valence-corrected chi connectivity index (χ3v) is 4.68. The van der Waals surface area contributed by atoms with Gasteiger partial charge in [0.05, 0.1) is 11.4 Å². The van der Waals surface area contributed by atoms with Crippen LogP contribution in [0.4, 0.5) is 0 Å². The van der Waals surface area contributed by atoms with E-state index in [4.69, 9.17) is 0 Å². The Balaban J connectivity index is 2.55. The molecule has 108 valence electrons. The van der Waals surface area contributed by atoms with Gasteiger partial charge < -0.3 is 0 Å². The van der Waals surface area contributed by atoms with Crippen LogP contribution in [-0.4, -0.2) is 29.8 Å². The number of Topliss-reactive ketones (excluding diaryl/α,β-unsaturated/α-hetero) is 1. The summed E-state index contributed by atoms with van der Waals surface area (Å²) in [5, 5.41) is 0. The summed E-state index contributed by atoms with van der Waals surface area (Å²) < 4.78 is 0. The predicted molar refractivity (Wildman–Crippen MR) is 84.3 cm³/mol. The zero-order chi connectivity index (χ0) is 14.3. The molecule has 0 aromatic carbocycles. The fraction of sp³-hybridized carbons (Fsp3) is 0.688. The zero-order valence-corrected chi connectivity index (χ0v) is 13.6. The maximum atomic E-state index is 12.3. The fourth-order valence-corrected chi connectivity index (χ4v) is 2.94. The van der Waals surface area contributed by atoms with Gasteiger partial charge in [-0.1, -0.05) is 26.7 Å². The van der Waals surface area contributed by atoms with Crippen LogP contribution in [0.2, 0.25) is 0 Å². The standard InChI is InChI=1S/C16H27NOS/c1-5-7-8-11-17(13(3)4)12-15(18)16-10-9-14(6-2)19-16/h9-10,13H,5-8,11-12H2,1-4H3. The van der Waals surface area contributed by atoms with Gasteiger partial charge in [0.2, 0.25) is 0 Å². The van der Waals surface area contributed by atoms with Crippen LogP contribution < -0.4 is 0 Å². The minimum atomic E-state index is 0.273. The molecule has 0 unspecified atom stereocenters. The van der Waals surface area contributed by atoms with Crippen LogP contribution in [0.15, 0.2) is 12.1 Å². The molecule has 0 saturated heterocycles. The molecule has 0 aliphatic rings. The molecule has 0 spiro atoms. The van der Waals surface area contributed by atoms with Crippen molar-refractivity contribution >= 4 is 17.1 Å². The topological polar surface area (TPSA) is 20.3 Å². The summed E-state index contributed by atoms with van der Waals surface area (Å²) in [5.41, 5.74) is 0. The molecule has 0 radical (unpaired) electrons. The van der Waals surface area contributed by atoms with Crippen LogP contribution in [-0.2, 0) is 6.42 Å². The van der Waals surface area contributed by atoms with Gasteiger partial charge in [0.15, 0.2) is 5.78 Å². The van der Waals surface area contributed by atoms with E-state index in [1.54, 1.807) is 11.3 Å². The van der Waals surface area contributed by atoms with E-state index in [1.807, 2.05) is 6.07 Å². The van der Waals surface area contributed by atoms with Gasteiger partial charge in [-0.25, -0.2) is 0 Å². The van der Waals surface area contributed by atoms with Gasteiger partial charge in [0.1, 0.15) is 0 Å². The molecule has 1 rings (SSSR count). The number of hydrogen-bond acceptors (Lipinski definition) is 3. The average Bonchev–Trinajstić information content (AvgIpc) is 2.86. The van der Waals surface area contributed by atoms with Crippen molar-refractivity contribution in [1.29, 1.82) is 0 Å². The summed E-state index contributed by atoms with van der Waals surface area (Å²) in [6.07, 6.45) is 4.68. The first-order valence-electron chi connectivity index (χ1n) is 7.44. The summed E-state index contributed by atoms with van der Waals surface area (Å²) in [6.45, 7) is 10.3. The van der Waals surface area contributed by atoms with Crippen molar-refractivity contribution in [3.63, 3.8) is 0 Å². The second kappa shape index (κ2) is 8.49. The highest BCUT2D eigenvalue weighted by atomic mass is 32.1. The van der Waals surface area contributed by atoms with Crippen LogP contribution >= 0.6 is 11.3 Å². The summed E-state index contributed by atoms with van der Waals surface area (Å²) >= 11 is 1.65. The first kappa shape index (κ1) is 16.4. The quantitative estimate of drug-likeness (QED) is 0.494. The summed E-state index contributed by atoms with van der Waals surface area (Å²) in [7, 11) is 0. The third kappa shape index (κ3) is 5.45. The Labute approximate surface area is 121 Å². The second-order valence-corrected chi connectivity index (χ2v) is 6.48. The lowest BCUT2D eigenvalue weighted by atomic mass is 10.2. The second-order valence-electron chi connectivity index (χ2n) is 5.31. The minimum Gasteiger partial charge on any atom is -0.293 e. The summed E-state index contributed by atoms with van der Waals surface area (Å²) in [5.74, 6) is 0.273. The molecule has 1 aromatic heterocycles. The van der Waals surface area contributed by atoms with Gasteiger partial charge in [-0.2, -0.15) is 0 Å². The van der Waals surface area contributed by atoms with Crippen molar-refractivity contribution in [2.75, 3.05) is 13.1 Å². The van der Waals surface area contributed by atoms with Crippen molar-refractivity contribution in [2.24, 2.45) is 0 Å². The highest BCUT2D eigenvalue weighted by molar-refractivity contribution is 7.14. The molecular formula is C16H27NOS.